The Labute approximate surface area is 200 Å². The van der Waals surface area contributed by atoms with Gasteiger partial charge in [-0.05, 0) is 42.8 Å². The summed E-state index contributed by atoms with van der Waals surface area (Å²) in [5.74, 6) is 2.41. The van der Waals surface area contributed by atoms with Crippen molar-refractivity contribution in [3.8, 4) is 22.4 Å². The molecule has 0 fully saturated rings. The summed E-state index contributed by atoms with van der Waals surface area (Å²) in [6, 6.07) is 11.5. The third-order valence-electron chi connectivity index (χ3n) is 5.81. The molecule has 34 heavy (non-hydrogen) atoms. The number of aromatic nitrogens is 3. The number of aryl methyl sites for hydroxylation is 1. The highest BCUT2D eigenvalue weighted by Crippen LogP contribution is 2.43. The van der Waals surface area contributed by atoms with Crippen LogP contribution in [0.25, 0.3) is 15.3 Å². The van der Waals surface area contributed by atoms with Gasteiger partial charge >= 0.3 is 0 Å². The van der Waals surface area contributed by atoms with Gasteiger partial charge < -0.3 is 19.5 Å². The van der Waals surface area contributed by atoms with Crippen molar-refractivity contribution >= 4 is 33.3 Å². The van der Waals surface area contributed by atoms with Crippen LogP contribution in [0.3, 0.4) is 0 Å². The van der Waals surface area contributed by atoms with Crippen LogP contribution in [0.1, 0.15) is 29.2 Å². The van der Waals surface area contributed by atoms with Crippen LogP contribution >= 0.6 is 11.3 Å². The summed E-state index contributed by atoms with van der Waals surface area (Å²) in [7, 11) is 3.24. The lowest BCUT2D eigenvalue weighted by Crippen LogP contribution is -2.25. The van der Waals surface area contributed by atoms with E-state index < -0.39 is 0 Å². The summed E-state index contributed by atoms with van der Waals surface area (Å²) in [4.78, 5) is 17.5. The van der Waals surface area contributed by atoms with Crippen molar-refractivity contribution in [1.82, 2.24) is 14.8 Å². The zero-order valence-corrected chi connectivity index (χ0v) is 19.9. The van der Waals surface area contributed by atoms with Gasteiger partial charge in [0, 0.05) is 17.9 Å². The summed E-state index contributed by atoms with van der Waals surface area (Å²) in [5, 5.41) is 8.46. The van der Waals surface area contributed by atoms with E-state index in [-0.39, 0.29) is 11.8 Å². The van der Waals surface area contributed by atoms with E-state index in [9.17, 15) is 4.79 Å². The topological polar surface area (TPSA) is 87.5 Å². The van der Waals surface area contributed by atoms with Crippen LogP contribution in [0.2, 0.25) is 0 Å². The van der Waals surface area contributed by atoms with Gasteiger partial charge in [0.05, 0.1) is 30.1 Å². The Morgan fingerprint density at radius 2 is 2.06 bits per heavy atom. The number of hydrogen-bond donors (Lipinski definition) is 1. The number of nitrogens with one attached hydrogen (secondary N) is 1. The molecule has 0 saturated carbocycles. The van der Waals surface area contributed by atoms with E-state index >= 15 is 0 Å². The fourth-order valence-electron chi connectivity index (χ4n) is 4.25. The van der Waals surface area contributed by atoms with Crippen molar-refractivity contribution in [2.24, 2.45) is 0 Å². The second-order valence-corrected chi connectivity index (χ2v) is 8.91. The van der Waals surface area contributed by atoms with Gasteiger partial charge in [0.2, 0.25) is 11.0 Å². The lowest BCUT2D eigenvalue weighted by molar-refractivity contribution is -0.116. The molecule has 9 heteroatoms. The molecule has 0 radical (unpaired) electrons. The zero-order chi connectivity index (χ0) is 23.8. The minimum absolute atomic E-state index is 0.0765. The first-order chi connectivity index (χ1) is 16.5. The maximum absolute atomic E-state index is 12.8. The normalized spacial score (nSPS) is 15.0. The van der Waals surface area contributed by atoms with Crippen LogP contribution in [-0.4, -0.2) is 41.5 Å². The van der Waals surface area contributed by atoms with Gasteiger partial charge in [0.25, 0.3) is 0 Å². The number of nitrogens with zero attached hydrogens (tertiary/aromatic N) is 3. The smallest absolute Gasteiger partial charge is 0.226 e. The molecule has 0 aliphatic carbocycles. The van der Waals surface area contributed by atoms with Crippen molar-refractivity contribution in [3.63, 3.8) is 0 Å². The van der Waals surface area contributed by atoms with E-state index in [0.29, 0.717) is 35.5 Å². The summed E-state index contributed by atoms with van der Waals surface area (Å²) >= 11 is 1.49. The summed E-state index contributed by atoms with van der Waals surface area (Å²) < 4.78 is 19.3. The predicted molar refractivity (Wildman–Crippen MR) is 132 cm³/mol. The Bertz CT molecular complexity index is 1410. The van der Waals surface area contributed by atoms with Gasteiger partial charge in [-0.25, -0.2) is 4.98 Å². The molecule has 1 aliphatic rings. The van der Waals surface area contributed by atoms with Crippen LogP contribution in [0.4, 0.5) is 5.82 Å². The Morgan fingerprint density at radius 3 is 2.82 bits per heavy atom. The van der Waals surface area contributed by atoms with E-state index in [0.717, 1.165) is 32.8 Å². The zero-order valence-electron chi connectivity index (χ0n) is 19.1. The largest absolute Gasteiger partial charge is 0.497 e. The number of hydrogen-bond acceptors (Lipinski definition) is 7. The van der Waals surface area contributed by atoms with Crippen molar-refractivity contribution in [2.75, 3.05) is 26.1 Å². The third-order valence-corrected chi connectivity index (χ3v) is 6.81. The molecule has 1 N–H and O–H groups in total. The van der Waals surface area contributed by atoms with Gasteiger partial charge in [0.15, 0.2) is 11.5 Å². The second-order valence-electron chi connectivity index (χ2n) is 7.90. The first-order valence-corrected chi connectivity index (χ1v) is 11.6. The van der Waals surface area contributed by atoms with Crippen LogP contribution in [0.5, 0.6) is 17.2 Å². The predicted octanol–water partition coefficient (Wildman–Crippen LogP) is 4.85. The van der Waals surface area contributed by atoms with Crippen molar-refractivity contribution in [2.45, 2.75) is 19.3 Å². The van der Waals surface area contributed by atoms with Crippen LogP contribution in [-0.2, 0) is 4.79 Å². The number of rotatable bonds is 7. The number of carbonyl (C=O) groups excluding carboxylic acids is 1. The van der Waals surface area contributed by atoms with E-state index in [1.807, 2.05) is 43.3 Å². The molecule has 174 valence electrons. The molecule has 2 aromatic carbocycles. The number of ether oxygens (including phenoxy) is 3. The molecule has 0 spiro atoms. The second kappa shape index (κ2) is 8.83. The van der Waals surface area contributed by atoms with E-state index in [4.69, 9.17) is 24.3 Å². The fraction of sp³-hybridized carbons (Fsp3) is 0.240. The van der Waals surface area contributed by atoms with E-state index in [1.54, 1.807) is 25.0 Å². The molecule has 0 saturated heterocycles. The monoisotopic (exact) mass is 476 g/mol. The molecular formula is C25H24N4O4S. The maximum atomic E-state index is 12.8. The van der Waals surface area contributed by atoms with Gasteiger partial charge in [0.1, 0.15) is 18.2 Å². The summed E-state index contributed by atoms with van der Waals surface area (Å²) in [6.45, 7) is 6.02. The number of benzene rings is 2. The highest BCUT2D eigenvalue weighted by atomic mass is 32.1. The minimum Gasteiger partial charge on any atom is -0.497 e. The molecule has 5 rings (SSSR count). The number of methoxy groups -OCH3 is 2. The standard InChI is InChI=1S/C25H24N4O4S/c1-5-10-33-19-9-6-15(11-20(19)32-4)17-13-22(30)27-24-23(17)14(2)28-29(24)25-26-18-8-7-16(31-3)12-21(18)34-25/h5-9,11-12,17H,1,10,13H2,2-4H3,(H,27,30)/t17-/m0/s1. The molecule has 0 bridgehead atoms. The molecular weight excluding hydrogens is 452 g/mol. The first kappa shape index (κ1) is 22.0. The van der Waals surface area contributed by atoms with Crippen LogP contribution in [0.15, 0.2) is 49.1 Å². The highest BCUT2D eigenvalue weighted by Gasteiger charge is 2.33. The SMILES string of the molecule is C=CCOc1ccc([C@@H]2CC(=O)Nc3c2c(C)nn3-c2nc3ccc(OC)cc3s2)cc1OC. The van der Waals surface area contributed by atoms with Crippen LogP contribution < -0.4 is 19.5 Å². The first-order valence-electron chi connectivity index (χ1n) is 10.8. The fourth-order valence-corrected chi connectivity index (χ4v) is 5.20. The summed E-state index contributed by atoms with van der Waals surface area (Å²) in [6.07, 6.45) is 1.99. The van der Waals surface area contributed by atoms with Gasteiger partial charge in [-0.15, -0.1) is 0 Å². The van der Waals surface area contributed by atoms with Crippen molar-refractivity contribution in [1.29, 1.82) is 0 Å². The van der Waals surface area contributed by atoms with E-state index in [1.165, 1.54) is 11.3 Å². The molecule has 1 aliphatic heterocycles. The highest BCUT2D eigenvalue weighted by molar-refractivity contribution is 7.20. The Morgan fingerprint density at radius 1 is 1.21 bits per heavy atom. The molecule has 0 unspecified atom stereocenters. The van der Waals surface area contributed by atoms with Crippen LogP contribution in [0, 0.1) is 6.92 Å². The van der Waals surface area contributed by atoms with Gasteiger partial charge in [-0.3, -0.25) is 4.79 Å². The number of anilines is 1. The molecule has 8 nitrogen and oxygen atoms in total. The average molecular weight is 477 g/mol. The van der Waals surface area contributed by atoms with E-state index in [2.05, 4.69) is 11.9 Å². The van der Waals surface area contributed by atoms with Gasteiger partial charge in [-0.2, -0.15) is 9.78 Å². The van der Waals surface area contributed by atoms with Gasteiger partial charge in [-0.1, -0.05) is 30.1 Å². The number of carbonyl (C=O) groups is 1. The summed E-state index contributed by atoms with van der Waals surface area (Å²) in [5.41, 5.74) is 3.61. The van der Waals surface area contributed by atoms with Crippen molar-refractivity contribution < 1.29 is 19.0 Å². The maximum Gasteiger partial charge on any atom is 0.226 e. The lowest BCUT2D eigenvalue weighted by atomic mass is 9.85. The Balaban J connectivity index is 1.58. The third kappa shape index (κ3) is 3.77. The minimum atomic E-state index is -0.172. The molecule has 1 amide bonds. The Kier molecular flexibility index (Phi) is 5.70. The molecule has 1 atom stereocenters. The number of amides is 1. The molecule has 4 aromatic rings. The quantitative estimate of drug-likeness (QED) is 0.384. The lowest BCUT2D eigenvalue weighted by Gasteiger charge is -2.24. The number of fused-ring (bicyclic) bond motifs is 2. The Hall–Kier alpha value is -3.85. The number of thiazole rings is 1. The molecule has 3 heterocycles. The molecule has 2 aromatic heterocycles. The average Bonchev–Trinajstić information content (AvgIpc) is 3.42. The van der Waals surface area contributed by atoms with Crippen molar-refractivity contribution in [3.05, 3.63) is 65.9 Å².